The lowest BCUT2D eigenvalue weighted by atomic mass is 9.67. The largest absolute Gasteiger partial charge is 0.498 e. The van der Waals surface area contributed by atoms with Gasteiger partial charge in [0.15, 0.2) is 5.78 Å². The van der Waals surface area contributed by atoms with Crippen LogP contribution in [0, 0.1) is 22.2 Å². The normalized spacial score (nSPS) is 35.6. The highest BCUT2D eigenvalue weighted by atomic mass is 16.5. The molecule has 0 saturated heterocycles. The molecule has 0 N–H and O–H groups in total. The van der Waals surface area contributed by atoms with Crippen molar-refractivity contribution in [1.82, 2.24) is 0 Å². The summed E-state index contributed by atoms with van der Waals surface area (Å²) in [5.41, 5.74) is -0.101. The minimum atomic E-state index is -0.188. The fourth-order valence-corrected chi connectivity index (χ4v) is 5.09. The van der Waals surface area contributed by atoms with Crippen molar-refractivity contribution in [3.63, 3.8) is 0 Å². The molecule has 2 unspecified atom stereocenters. The minimum absolute atomic E-state index is 0.0135. The Kier molecular flexibility index (Phi) is 3.54. The highest BCUT2D eigenvalue weighted by Gasteiger charge is 2.63. The monoisotopic (exact) mass is 304 g/mol. The first-order valence-corrected chi connectivity index (χ1v) is 8.56. The molecule has 3 aliphatic rings. The minimum Gasteiger partial charge on any atom is -0.498 e. The maximum absolute atomic E-state index is 12.5. The van der Waals surface area contributed by atoms with Crippen LogP contribution in [0.4, 0.5) is 0 Å². The summed E-state index contributed by atoms with van der Waals surface area (Å²) in [6.07, 6.45) is 6.79. The summed E-state index contributed by atoms with van der Waals surface area (Å²) in [7, 11) is 0. The molecule has 0 radical (unpaired) electrons. The molecule has 0 spiro atoms. The standard InChI is InChI=1S/C19H28O3/c1-17(2)11-14(20)10-15(12-17)22-8-7-19-6-5-13(9-16(19)21)18(19,3)4/h10,13H,5-9,11-12H2,1-4H3. The van der Waals surface area contributed by atoms with E-state index in [9.17, 15) is 9.59 Å². The first kappa shape index (κ1) is 15.8. The van der Waals surface area contributed by atoms with Crippen molar-refractivity contribution < 1.29 is 14.3 Å². The van der Waals surface area contributed by atoms with E-state index in [4.69, 9.17) is 4.74 Å². The van der Waals surface area contributed by atoms with Crippen LogP contribution in [0.2, 0.25) is 0 Å². The smallest absolute Gasteiger partial charge is 0.159 e. The van der Waals surface area contributed by atoms with Crippen LogP contribution in [0.25, 0.3) is 0 Å². The molecule has 3 rings (SSSR count). The van der Waals surface area contributed by atoms with E-state index in [1.807, 2.05) is 0 Å². The first-order valence-electron chi connectivity index (χ1n) is 8.56. The third kappa shape index (κ3) is 2.33. The van der Waals surface area contributed by atoms with Gasteiger partial charge in [-0.2, -0.15) is 0 Å². The molecule has 0 aromatic heterocycles. The van der Waals surface area contributed by atoms with Crippen LogP contribution >= 0.6 is 0 Å². The Morgan fingerprint density at radius 2 is 1.91 bits per heavy atom. The molecule has 2 saturated carbocycles. The van der Waals surface area contributed by atoms with Crippen LogP contribution in [-0.2, 0) is 14.3 Å². The molecular weight excluding hydrogens is 276 g/mol. The average molecular weight is 304 g/mol. The number of allylic oxidation sites excluding steroid dienone is 2. The van der Waals surface area contributed by atoms with Gasteiger partial charge in [-0.15, -0.1) is 0 Å². The maximum Gasteiger partial charge on any atom is 0.159 e. The summed E-state index contributed by atoms with van der Waals surface area (Å²) >= 11 is 0. The van der Waals surface area contributed by atoms with Gasteiger partial charge in [0.2, 0.25) is 0 Å². The zero-order valence-corrected chi connectivity index (χ0v) is 14.3. The molecule has 0 aliphatic heterocycles. The van der Waals surface area contributed by atoms with E-state index in [2.05, 4.69) is 27.7 Å². The van der Waals surface area contributed by atoms with E-state index in [1.165, 1.54) is 6.42 Å². The third-order valence-corrected chi connectivity index (χ3v) is 6.58. The van der Waals surface area contributed by atoms with Gasteiger partial charge in [-0.1, -0.05) is 27.7 Å². The van der Waals surface area contributed by atoms with E-state index in [0.717, 1.165) is 31.4 Å². The highest BCUT2D eigenvalue weighted by Crippen LogP contribution is 2.65. The number of fused-ring (bicyclic) bond motifs is 2. The van der Waals surface area contributed by atoms with Crippen LogP contribution < -0.4 is 0 Å². The van der Waals surface area contributed by atoms with Gasteiger partial charge >= 0.3 is 0 Å². The van der Waals surface area contributed by atoms with E-state index >= 15 is 0 Å². The Hall–Kier alpha value is -1.12. The summed E-state index contributed by atoms with van der Waals surface area (Å²) < 4.78 is 5.93. The van der Waals surface area contributed by atoms with Crippen LogP contribution in [-0.4, -0.2) is 18.2 Å². The summed E-state index contributed by atoms with van der Waals surface area (Å²) in [4.78, 5) is 24.3. The van der Waals surface area contributed by atoms with Gasteiger partial charge in [-0.25, -0.2) is 0 Å². The Labute approximate surface area is 133 Å². The Morgan fingerprint density at radius 1 is 1.18 bits per heavy atom. The lowest BCUT2D eigenvalue weighted by Crippen LogP contribution is -2.37. The lowest BCUT2D eigenvalue weighted by Gasteiger charge is -2.37. The molecule has 122 valence electrons. The molecule has 2 bridgehead atoms. The number of hydrogen-bond donors (Lipinski definition) is 0. The van der Waals surface area contributed by atoms with Crippen LogP contribution in [0.1, 0.15) is 66.2 Å². The van der Waals surface area contributed by atoms with Crippen LogP contribution in [0.15, 0.2) is 11.8 Å². The average Bonchev–Trinajstić information content (AvgIpc) is 2.70. The van der Waals surface area contributed by atoms with E-state index in [1.54, 1.807) is 6.08 Å². The zero-order chi connectivity index (χ0) is 16.2. The van der Waals surface area contributed by atoms with Gasteiger partial charge < -0.3 is 4.74 Å². The molecule has 0 aromatic carbocycles. The molecule has 22 heavy (non-hydrogen) atoms. The zero-order valence-electron chi connectivity index (χ0n) is 14.3. The second-order valence-corrected chi connectivity index (χ2v) is 8.86. The number of Topliss-reactive ketones (excluding diaryl/α,β-unsaturated/α-hetero) is 1. The Bertz CT molecular complexity index is 541. The number of ether oxygens (including phenoxy) is 1. The number of rotatable bonds is 4. The fraction of sp³-hybridized carbons (Fsp3) is 0.789. The third-order valence-electron chi connectivity index (χ3n) is 6.58. The first-order chi connectivity index (χ1) is 10.2. The second kappa shape index (κ2) is 4.94. The van der Waals surface area contributed by atoms with Crippen molar-refractivity contribution in [1.29, 1.82) is 0 Å². The van der Waals surface area contributed by atoms with Crippen LogP contribution in [0.5, 0.6) is 0 Å². The summed E-state index contributed by atoms with van der Waals surface area (Å²) in [6.45, 7) is 9.26. The van der Waals surface area contributed by atoms with Gasteiger partial charge in [-0.05, 0) is 36.0 Å². The van der Waals surface area contributed by atoms with Gasteiger partial charge in [0.1, 0.15) is 11.5 Å². The van der Waals surface area contributed by atoms with Gasteiger partial charge in [0.05, 0.1) is 6.61 Å². The molecule has 3 nitrogen and oxygen atoms in total. The molecule has 0 aromatic rings. The van der Waals surface area contributed by atoms with Crippen molar-refractivity contribution in [3.8, 4) is 0 Å². The molecule has 0 amide bonds. The number of carbonyl (C=O) groups excluding carboxylic acids is 2. The van der Waals surface area contributed by atoms with Crippen molar-refractivity contribution in [2.45, 2.75) is 66.2 Å². The van der Waals surface area contributed by atoms with Crippen molar-refractivity contribution in [2.75, 3.05) is 6.61 Å². The summed E-state index contributed by atoms with van der Waals surface area (Å²) in [6, 6.07) is 0. The van der Waals surface area contributed by atoms with Crippen molar-refractivity contribution in [2.24, 2.45) is 22.2 Å². The molecule has 2 atom stereocenters. The molecular formula is C19H28O3. The van der Waals surface area contributed by atoms with Crippen molar-refractivity contribution >= 4 is 11.6 Å². The van der Waals surface area contributed by atoms with E-state index < -0.39 is 0 Å². The second-order valence-electron chi connectivity index (χ2n) is 8.86. The van der Waals surface area contributed by atoms with E-state index in [0.29, 0.717) is 24.7 Å². The van der Waals surface area contributed by atoms with Crippen LogP contribution in [0.3, 0.4) is 0 Å². The lowest BCUT2D eigenvalue weighted by molar-refractivity contribution is -0.130. The van der Waals surface area contributed by atoms with Gasteiger partial charge in [0, 0.05) is 30.8 Å². The molecule has 3 aliphatic carbocycles. The number of carbonyl (C=O) groups is 2. The SMILES string of the molecule is CC1(C)CC(=O)C=C(OCCC23CCC(CC2=O)C3(C)C)C1. The van der Waals surface area contributed by atoms with Gasteiger partial charge in [0.25, 0.3) is 0 Å². The Morgan fingerprint density at radius 3 is 2.45 bits per heavy atom. The number of ketones is 2. The molecule has 2 fully saturated rings. The highest BCUT2D eigenvalue weighted by molar-refractivity contribution is 5.91. The summed E-state index contributed by atoms with van der Waals surface area (Å²) in [5.74, 6) is 1.94. The predicted octanol–water partition coefficient (Wildman–Crippen LogP) is 4.06. The predicted molar refractivity (Wildman–Crippen MR) is 85.2 cm³/mol. The van der Waals surface area contributed by atoms with Crippen molar-refractivity contribution in [3.05, 3.63) is 11.8 Å². The summed E-state index contributed by atoms with van der Waals surface area (Å²) in [5, 5.41) is 0. The molecule has 0 heterocycles. The quantitative estimate of drug-likeness (QED) is 0.786. The Balaban J connectivity index is 1.64. The van der Waals surface area contributed by atoms with Gasteiger partial charge in [-0.3, -0.25) is 9.59 Å². The topological polar surface area (TPSA) is 43.4 Å². The number of hydrogen-bond acceptors (Lipinski definition) is 3. The maximum atomic E-state index is 12.5. The molecule has 3 heteroatoms. The fourth-order valence-electron chi connectivity index (χ4n) is 5.09. The van der Waals surface area contributed by atoms with E-state index in [-0.39, 0.29) is 22.0 Å².